The number of unbranched alkanes of at least 4 members (excludes halogenated alkanes) is 61. The van der Waals surface area contributed by atoms with Gasteiger partial charge in [0.2, 0.25) is 5.91 Å². The molecule has 0 aliphatic heterocycles. The number of rotatable bonds is 72. The lowest BCUT2D eigenvalue weighted by molar-refractivity contribution is -0.143. The summed E-state index contributed by atoms with van der Waals surface area (Å²) in [6.07, 6.45) is 87.8. The molecule has 1 amide bonds. The lowest BCUT2D eigenvalue weighted by Crippen LogP contribution is -2.45. The average molecular weight is 1150 g/mol. The summed E-state index contributed by atoms with van der Waals surface area (Å²) in [5.74, 6) is 0.000371. The third-order valence-corrected chi connectivity index (χ3v) is 18.2. The standard InChI is InChI=1S/C75H149NO5/c1-3-5-7-9-11-13-15-16-42-46-49-53-57-61-65-69-75(80)81-70-66-62-58-54-50-47-44-41-39-37-35-33-31-29-27-25-23-21-19-17-18-20-22-24-26-28-30-32-34-36-38-40-43-45-48-52-56-60-64-68-74(79)76-72(71-77)73(78)67-63-59-55-51-14-12-10-8-6-4-2/h72-73,77-78H,3-71H2,1-2H3,(H,76,79). The fraction of sp³-hybridized carbons (Fsp3) is 0.973. The molecule has 0 rings (SSSR count). The van der Waals surface area contributed by atoms with Crippen molar-refractivity contribution in [2.45, 2.75) is 456 Å². The predicted octanol–water partition coefficient (Wildman–Crippen LogP) is 24.5. The first-order valence-corrected chi connectivity index (χ1v) is 37.8. The second-order valence-electron chi connectivity index (χ2n) is 26.4. The van der Waals surface area contributed by atoms with Crippen LogP contribution in [0.5, 0.6) is 0 Å². The van der Waals surface area contributed by atoms with E-state index in [9.17, 15) is 19.8 Å². The maximum absolute atomic E-state index is 12.5. The van der Waals surface area contributed by atoms with Crippen molar-refractivity contribution in [3.8, 4) is 0 Å². The maximum atomic E-state index is 12.5. The van der Waals surface area contributed by atoms with Gasteiger partial charge in [-0.15, -0.1) is 0 Å². The molecule has 0 aliphatic rings. The van der Waals surface area contributed by atoms with E-state index in [0.717, 1.165) is 38.5 Å². The van der Waals surface area contributed by atoms with Crippen LogP contribution in [0.3, 0.4) is 0 Å². The summed E-state index contributed by atoms with van der Waals surface area (Å²) in [4.78, 5) is 24.5. The molecule has 2 unspecified atom stereocenters. The number of carbonyl (C=O) groups excluding carboxylic acids is 2. The Balaban J connectivity index is 3.24. The zero-order valence-electron chi connectivity index (χ0n) is 55.6. The van der Waals surface area contributed by atoms with Crippen molar-refractivity contribution >= 4 is 11.9 Å². The second-order valence-corrected chi connectivity index (χ2v) is 26.4. The second kappa shape index (κ2) is 71.3. The molecule has 6 heteroatoms. The van der Waals surface area contributed by atoms with Crippen LogP contribution in [0.25, 0.3) is 0 Å². The van der Waals surface area contributed by atoms with Gasteiger partial charge in [-0.3, -0.25) is 9.59 Å². The van der Waals surface area contributed by atoms with Gasteiger partial charge in [0, 0.05) is 12.8 Å². The molecular weight excluding hydrogens is 995 g/mol. The Labute approximate surface area is 508 Å². The largest absolute Gasteiger partial charge is 0.466 e. The minimum atomic E-state index is -0.657. The lowest BCUT2D eigenvalue weighted by Gasteiger charge is -2.22. The van der Waals surface area contributed by atoms with Crippen LogP contribution >= 0.6 is 0 Å². The molecule has 6 nitrogen and oxygen atoms in total. The lowest BCUT2D eigenvalue weighted by atomic mass is 10.0. The molecule has 0 spiro atoms. The van der Waals surface area contributed by atoms with Crippen molar-refractivity contribution in [2.24, 2.45) is 0 Å². The van der Waals surface area contributed by atoms with E-state index >= 15 is 0 Å². The van der Waals surface area contributed by atoms with Gasteiger partial charge in [0.25, 0.3) is 0 Å². The highest BCUT2D eigenvalue weighted by molar-refractivity contribution is 5.76. The molecule has 0 heterocycles. The van der Waals surface area contributed by atoms with Gasteiger partial charge in [0.05, 0.1) is 25.4 Å². The van der Waals surface area contributed by atoms with Crippen molar-refractivity contribution in [2.75, 3.05) is 13.2 Å². The molecule has 484 valence electrons. The number of carbonyl (C=O) groups is 2. The van der Waals surface area contributed by atoms with Crippen LogP contribution < -0.4 is 5.32 Å². The maximum Gasteiger partial charge on any atom is 0.305 e. The Morgan fingerprint density at radius 3 is 0.753 bits per heavy atom. The number of aliphatic hydroxyl groups excluding tert-OH is 2. The van der Waals surface area contributed by atoms with Crippen LogP contribution in [0.4, 0.5) is 0 Å². The summed E-state index contributed by atoms with van der Waals surface area (Å²) < 4.78 is 5.51. The molecule has 0 saturated carbocycles. The van der Waals surface area contributed by atoms with Crippen molar-refractivity contribution in [1.82, 2.24) is 5.32 Å². The molecule has 0 saturated heterocycles. The number of nitrogens with one attached hydrogen (secondary N) is 1. The number of amides is 1. The summed E-state index contributed by atoms with van der Waals surface area (Å²) in [5, 5.41) is 23.2. The Kier molecular flexibility index (Phi) is 70.3. The van der Waals surface area contributed by atoms with Gasteiger partial charge >= 0.3 is 5.97 Å². The highest BCUT2D eigenvalue weighted by atomic mass is 16.5. The van der Waals surface area contributed by atoms with E-state index in [1.54, 1.807) is 0 Å². The Bertz CT molecular complexity index is 1180. The molecule has 3 N–H and O–H groups in total. The van der Waals surface area contributed by atoms with Crippen molar-refractivity contribution in [3.63, 3.8) is 0 Å². The smallest absolute Gasteiger partial charge is 0.305 e. The van der Waals surface area contributed by atoms with Crippen LogP contribution in [-0.2, 0) is 14.3 Å². The van der Waals surface area contributed by atoms with Gasteiger partial charge < -0.3 is 20.3 Å². The quantitative estimate of drug-likeness (QED) is 0.0417. The predicted molar refractivity (Wildman–Crippen MR) is 357 cm³/mol. The van der Waals surface area contributed by atoms with Crippen molar-refractivity contribution < 1.29 is 24.5 Å². The molecule has 0 bridgehead atoms. The number of hydrogen-bond donors (Lipinski definition) is 3. The van der Waals surface area contributed by atoms with E-state index in [4.69, 9.17) is 4.74 Å². The molecular formula is C75H149NO5. The average Bonchev–Trinajstić information content (AvgIpc) is 3.47. The molecule has 2 atom stereocenters. The summed E-state index contributed by atoms with van der Waals surface area (Å²) in [6.45, 7) is 4.99. The first-order valence-electron chi connectivity index (χ1n) is 37.8. The zero-order chi connectivity index (χ0) is 58.5. The zero-order valence-corrected chi connectivity index (χ0v) is 55.6. The number of esters is 1. The number of aliphatic hydroxyl groups is 2. The SMILES string of the molecule is CCCCCCCCCCCCCCCCCC(=O)OCCCCCCCCCCCCCCCCCCCCCCCCCCCCCCCCCCCCCCCCCC(=O)NC(CO)C(O)CCCCCCCCCCCC. The Morgan fingerprint density at radius 1 is 0.296 bits per heavy atom. The van der Waals surface area contributed by atoms with E-state index in [0.29, 0.717) is 25.9 Å². The first-order chi connectivity index (χ1) is 40.0. The van der Waals surface area contributed by atoms with Gasteiger partial charge in [-0.25, -0.2) is 0 Å². The van der Waals surface area contributed by atoms with E-state index in [2.05, 4.69) is 19.2 Å². The van der Waals surface area contributed by atoms with Crippen LogP contribution in [0, 0.1) is 0 Å². The normalized spacial score (nSPS) is 12.4. The molecule has 0 aliphatic carbocycles. The van der Waals surface area contributed by atoms with E-state index in [1.807, 2.05) is 0 Å². The Morgan fingerprint density at radius 2 is 0.506 bits per heavy atom. The molecule has 0 radical (unpaired) electrons. The van der Waals surface area contributed by atoms with Gasteiger partial charge in [-0.05, 0) is 25.7 Å². The minimum absolute atomic E-state index is 0.0277. The molecule has 0 aromatic carbocycles. The summed E-state index contributed by atoms with van der Waals surface area (Å²) in [7, 11) is 0. The number of hydrogen-bond acceptors (Lipinski definition) is 5. The first kappa shape index (κ1) is 79.9. The highest BCUT2D eigenvalue weighted by Crippen LogP contribution is 2.20. The fourth-order valence-corrected chi connectivity index (χ4v) is 12.4. The van der Waals surface area contributed by atoms with Gasteiger partial charge in [0.15, 0.2) is 0 Å². The molecule has 0 aromatic rings. The van der Waals surface area contributed by atoms with Gasteiger partial charge in [0.1, 0.15) is 0 Å². The van der Waals surface area contributed by atoms with Gasteiger partial charge in [-0.1, -0.05) is 406 Å². The van der Waals surface area contributed by atoms with Crippen LogP contribution in [0.1, 0.15) is 444 Å². The molecule has 81 heavy (non-hydrogen) atoms. The van der Waals surface area contributed by atoms with Crippen LogP contribution in [0.15, 0.2) is 0 Å². The fourth-order valence-electron chi connectivity index (χ4n) is 12.4. The Hall–Kier alpha value is -1.14. The third-order valence-electron chi connectivity index (χ3n) is 18.2. The van der Waals surface area contributed by atoms with E-state index < -0.39 is 12.1 Å². The topological polar surface area (TPSA) is 95.9 Å². The van der Waals surface area contributed by atoms with Crippen molar-refractivity contribution in [1.29, 1.82) is 0 Å². The minimum Gasteiger partial charge on any atom is -0.466 e. The summed E-state index contributed by atoms with van der Waals surface area (Å²) >= 11 is 0. The van der Waals surface area contributed by atoms with Gasteiger partial charge in [-0.2, -0.15) is 0 Å². The molecule has 0 aromatic heterocycles. The van der Waals surface area contributed by atoms with Crippen molar-refractivity contribution in [3.05, 3.63) is 0 Å². The summed E-state index contributed by atoms with van der Waals surface area (Å²) in [5.41, 5.74) is 0. The monoisotopic (exact) mass is 1140 g/mol. The number of ether oxygens (including phenoxy) is 1. The third kappa shape index (κ3) is 67.9. The van der Waals surface area contributed by atoms with Crippen LogP contribution in [0.2, 0.25) is 0 Å². The van der Waals surface area contributed by atoms with E-state index in [1.165, 1.54) is 372 Å². The highest BCUT2D eigenvalue weighted by Gasteiger charge is 2.20. The van der Waals surface area contributed by atoms with E-state index in [-0.39, 0.29) is 18.5 Å². The van der Waals surface area contributed by atoms with Crippen LogP contribution in [-0.4, -0.2) is 47.4 Å². The molecule has 0 fully saturated rings. The summed E-state index contributed by atoms with van der Waals surface area (Å²) in [6, 6.07) is -0.534.